The number of rotatable bonds is 10. The van der Waals surface area contributed by atoms with Crippen LogP contribution in [0.15, 0.2) is 60.7 Å². The standard InChI is InChI=1S/C27H27Cl2FN2O4/c1-17(27(34)31-15-20-7-8-21(28)14-23(20)29)32(16-18-4-9-22(30)10-5-18)26(33)13-19-6-11-24(35-2)25(12-19)36-3/h4-12,14,17H,13,15-16H2,1-3H3,(H,31,34). The van der Waals surface area contributed by atoms with Crippen LogP contribution in [0, 0.1) is 5.82 Å². The molecule has 190 valence electrons. The Kier molecular flexibility index (Phi) is 9.56. The van der Waals surface area contributed by atoms with Crippen LogP contribution in [-0.2, 0) is 29.1 Å². The van der Waals surface area contributed by atoms with Gasteiger partial charge in [-0.25, -0.2) is 4.39 Å². The van der Waals surface area contributed by atoms with E-state index in [2.05, 4.69) is 5.32 Å². The first-order valence-corrected chi connectivity index (χ1v) is 11.9. The highest BCUT2D eigenvalue weighted by Gasteiger charge is 2.26. The molecule has 0 spiro atoms. The van der Waals surface area contributed by atoms with Gasteiger partial charge in [-0.1, -0.05) is 47.5 Å². The van der Waals surface area contributed by atoms with Crippen molar-refractivity contribution in [2.45, 2.75) is 32.5 Å². The molecular weight excluding hydrogens is 506 g/mol. The van der Waals surface area contributed by atoms with Crippen LogP contribution < -0.4 is 14.8 Å². The lowest BCUT2D eigenvalue weighted by atomic mass is 10.1. The first-order chi connectivity index (χ1) is 17.2. The second kappa shape index (κ2) is 12.6. The Morgan fingerprint density at radius 1 is 0.944 bits per heavy atom. The van der Waals surface area contributed by atoms with E-state index in [1.807, 2.05) is 0 Å². The van der Waals surface area contributed by atoms with E-state index < -0.39 is 6.04 Å². The van der Waals surface area contributed by atoms with E-state index in [9.17, 15) is 14.0 Å². The summed E-state index contributed by atoms with van der Waals surface area (Å²) in [5.41, 5.74) is 2.09. The van der Waals surface area contributed by atoms with Gasteiger partial charge in [-0.3, -0.25) is 9.59 Å². The third-order valence-corrected chi connectivity index (χ3v) is 6.29. The van der Waals surface area contributed by atoms with Crippen molar-refractivity contribution in [1.82, 2.24) is 10.2 Å². The van der Waals surface area contributed by atoms with Crippen molar-refractivity contribution in [3.8, 4) is 11.5 Å². The molecule has 3 aromatic carbocycles. The molecule has 1 unspecified atom stereocenters. The van der Waals surface area contributed by atoms with Crippen molar-refractivity contribution in [3.63, 3.8) is 0 Å². The van der Waals surface area contributed by atoms with Crippen LogP contribution in [0.5, 0.6) is 11.5 Å². The fourth-order valence-electron chi connectivity index (χ4n) is 3.63. The number of amides is 2. The molecule has 3 aromatic rings. The molecule has 0 fully saturated rings. The van der Waals surface area contributed by atoms with Gasteiger partial charge in [0.1, 0.15) is 11.9 Å². The Labute approximate surface area is 219 Å². The second-order valence-corrected chi connectivity index (χ2v) is 8.99. The minimum atomic E-state index is -0.811. The van der Waals surface area contributed by atoms with Gasteiger partial charge in [0.2, 0.25) is 11.8 Å². The molecule has 1 N–H and O–H groups in total. The van der Waals surface area contributed by atoms with Gasteiger partial charge in [0.05, 0.1) is 20.6 Å². The third-order valence-electron chi connectivity index (χ3n) is 5.70. The van der Waals surface area contributed by atoms with E-state index in [4.69, 9.17) is 32.7 Å². The number of carbonyl (C=O) groups excluding carboxylic acids is 2. The van der Waals surface area contributed by atoms with E-state index in [0.29, 0.717) is 38.2 Å². The predicted octanol–water partition coefficient (Wildman–Crippen LogP) is 5.43. The number of nitrogens with zero attached hydrogens (tertiary/aromatic N) is 1. The highest BCUT2D eigenvalue weighted by molar-refractivity contribution is 6.35. The summed E-state index contributed by atoms with van der Waals surface area (Å²) in [6.07, 6.45) is 0.0299. The van der Waals surface area contributed by atoms with Crippen LogP contribution in [0.1, 0.15) is 23.6 Å². The zero-order valence-corrected chi connectivity index (χ0v) is 21.7. The molecule has 0 aliphatic carbocycles. The summed E-state index contributed by atoms with van der Waals surface area (Å²) in [5.74, 6) is 0.0269. The number of methoxy groups -OCH3 is 2. The average molecular weight is 533 g/mol. The SMILES string of the molecule is COc1ccc(CC(=O)N(Cc2ccc(F)cc2)C(C)C(=O)NCc2ccc(Cl)cc2Cl)cc1OC. The molecule has 0 saturated heterocycles. The van der Waals surface area contributed by atoms with Crippen molar-refractivity contribution in [2.24, 2.45) is 0 Å². The molecule has 36 heavy (non-hydrogen) atoms. The van der Waals surface area contributed by atoms with Crippen LogP contribution in [0.4, 0.5) is 4.39 Å². The molecule has 1 atom stereocenters. The summed E-state index contributed by atoms with van der Waals surface area (Å²) < 4.78 is 24.0. The van der Waals surface area contributed by atoms with Gasteiger partial charge < -0.3 is 19.7 Å². The van der Waals surface area contributed by atoms with Gasteiger partial charge in [0.25, 0.3) is 0 Å². The molecule has 0 bridgehead atoms. The van der Waals surface area contributed by atoms with Crippen molar-refractivity contribution < 1.29 is 23.5 Å². The predicted molar refractivity (Wildman–Crippen MR) is 138 cm³/mol. The van der Waals surface area contributed by atoms with Crippen LogP contribution in [0.25, 0.3) is 0 Å². The summed E-state index contributed by atoms with van der Waals surface area (Å²) >= 11 is 12.2. The normalized spacial score (nSPS) is 11.5. The Balaban J connectivity index is 1.79. The average Bonchev–Trinajstić information content (AvgIpc) is 2.87. The zero-order valence-electron chi connectivity index (χ0n) is 20.2. The van der Waals surface area contributed by atoms with Gasteiger partial charge in [-0.2, -0.15) is 0 Å². The summed E-state index contributed by atoms with van der Waals surface area (Å²) in [7, 11) is 3.05. The van der Waals surface area contributed by atoms with Crippen LogP contribution in [-0.4, -0.2) is 37.0 Å². The second-order valence-electron chi connectivity index (χ2n) is 8.14. The number of benzene rings is 3. The number of hydrogen-bond donors (Lipinski definition) is 1. The Morgan fingerprint density at radius 3 is 2.25 bits per heavy atom. The Bertz CT molecular complexity index is 1220. The van der Waals surface area contributed by atoms with Gasteiger partial charge in [0.15, 0.2) is 11.5 Å². The molecular formula is C27H27Cl2FN2O4. The van der Waals surface area contributed by atoms with Gasteiger partial charge in [-0.05, 0) is 60.0 Å². The molecule has 3 rings (SSSR count). The molecule has 0 heterocycles. The highest BCUT2D eigenvalue weighted by Crippen LogP contribution is 2.28. The molecule has 0 aliphatic heterocycles. The number of nitrogens with one attached hydrogen (secondary N) is 1. The van der Waals surface area contributed by atoms with E-state index in [0.717, 1.165) is 0 Å². The lowest BCUT2D eigenvalue weighted by Crippen LogP contribution is -2.48. The topological polar surface area (TPSA) is 67.9 Å². The largest absolute Gasteiger partial charge is 0.493 e. The van der Waals surface area contributed by atoms with E-state index in [-0.39, 0.29) is 37.1 Å². The third kappa shape index (κ3) is 7.12. The molecule has 2 amide bonds. The maximum absolute atomic E-state index is 13.4. The lowest BCUT2D eigenvalue weighted by Gasteiger charge is -2.29. The Morgan fingerprint density at radius 2 is 1.61 bits per heavy atom. The molecule has 9 heteroatoms. The molecule has 0 saturated carbocycles. The monoisotopic (exact) mass is 532 g/mol. The first-order valence-electron chi connectivity index (χ1n) is 11.2. The fourth-order valence-corrected chi connectivity index (χ4v) is 4.11. The highest BCUT2D eigenvalue weighted by atomic mass is 35.5. The zero-order chi connectivity index (χ0) is 26.2. The van der Waals surface area contributed by atoms with Crippen molar-refractivity contribution in [2.75, 3.05) is 14.2 Å². The summed E-state index contributed by atoms with van der Waals surface area (Å²) in [4.78, 5) is 27.9. The summed E-state index contributed by atoms with van der Waals surface area (Å²) in [6, 6.07) is 15.2. The van der Waals surface area contributed by atoms with E-state index in [1.54, 1.807) is 55.5 Å². The quantitative estimate of drug-likeness (QED) is 0.378. The molecule has 6 nitrogen and oxygen atoms in total. The molecule has 0 aliphatic rings. The van der Waals surface area contributed by atoms with Crippen molar-refractivity contribution >= 4 is 35.0 Å². The summed E-state index contributed by atoms with van der Waals surface area (Å²) in [6.45, 7) is 1.95. The number of carbonyl (C=O) groups is 2. The molecule has 0 radical (unpaired) electrons. The van der Waals surface area contributed by atoms with Crippen LogP contribution in [0.2, 0.25) is 10.0 Å². The number of hydrogen-bond acceptors (Lipinski definition) is 4. The van der Waals surface area contributed by atoms with E-state index in [1.165, 1.54) is 31.3 Å². The first kappa shape index (κ1) is 27.3. The summed E-state index contributed by atoms with van der Waals surface area (Å²) in [5, 5.41) is 3.76. The van der Waals surface area contributed by atoms with Crippen LogP contribution in [0.3, 0.4) is 0 Å². The van der Waals surface area contributed by atoms with Gasteiger partial charge in [0, 0.05) is 23.1 Å². The van der Waals surface area contributed by atoms with Crippen molar-refractivity contribution in [1.29, 1.82) is 0 Å². The molecule has 0 aromatic heterocycles. The van der Waals surface area contributed by atoms with Gasteiger partial charge >= 0.3 is 0 Å². The minimum absolute atomic E-state index is 0.0299. The smallest absolute Gasteiger partial charge is 0.242 e. The van der Waals surface area contributed by atoms with Gasteiger partial charge in [-0.15, -0.1) is 0 Å². The maximum atomic E-state index is 13.4. The fraction of sp³-hybridized carbons (Fsp3) is 0.259. The number of ether oxygens (including phenoxy) is 2. The maximum Gasteiger partial charge on any atom is 0.242 e. The van der Waals surface area contributed by atoms with Crippen molar-refractivity contribution in [3.05, 3.63) is 93.2 Å². The van der Waals surface area contributed by atoms with Crippen LogP contribution >= 0.6 is 23.2 Å². The minimum Gasteiger partial charge on any atom is -0.493 e. The lowest BCUT2D eigenvalue weighted by molar-refractivity contribution is -0.140. The Hall–Kier alpha value is -3.29. The number of halogens is 3. The van der Waals surface area contributed by atoms with E-state index >= 15 is 0 Å².